The van der Waals surface area contributed by atoms with Crippen molar-refractivity contribution < 1.29 is 4.79 Å². The molecule has 2 aromatic rings. The molecule has 128 valence electrons. The lowest BCUT2D eigenvalue weighted by Crippen LogP contribution is -2.36. The minimum Gasteiger partial charge on any atom is -0.350 e. The first-order valence-electron chi connectivity index (χ1n) is 8.44. The average molecular weight is 343 g/mol. The number of likely N-dealkylation sites (tertiary alicyclic amines) is 1. The summed E-state index contributed by atoms with van der Waals surface area (Å²) in [5.41, 5.74) is 8.54. The van der Waals surface area contributed by atoms with Crippen LogP contribution in [0.15, 0.2) is 41.8 Å². The number of hydrogen-bond acceptors (Lipinski definition) is 4. The quantitative estimate of drug-likeness (QED) is 0.846. The molecule has 0 bridgehead atoms. The lowest BCUT2D eigenvalue weighted by atomic mass is 9.89. The van der Waals surface area contributed by atoms with Gasteiger partial charge in [0.05, 0.1) is 13.1 Å². The highest BCUT2D eigenvalue weighted by Gasteiger charge is 2.33. The summed E-state index contributed by atoms with van der Waals surface area (Å²) in [5, 5.41) is 5.10. The third kappa shape index (κ3) is 4.04. The van der Waals surface area contributed by atoms with E-state index in [-0.39, 0.29) is 5.91 Å². The van der Waals surface area contributed by atoms with Gasteiger partial charge in [0.25, 0.3) is 0 Å². The van der Waals surface area contributed by atoms with Gasteiger partial charge in [-0.1, -0.05) is 30.3 Å². The Bertz CT molecular complexity index is 670. The number of carbonyl (C=O) groups is 1. The van der Waals surface area contributed by atoms with Gasteiger partial charge >= 0.3 is 0 Å². The smallest absolute Gasteiger partial charge is 0.234 e. The number of aryl methyl sites for hydroxylation is 1. The zero-order valence-corrected chi connectivity index (χ0v) is 14.9. The summed E-state index contributed by atoms with van der Waals surface area (Å²) < 4.78 is 0. The van der Waals surface area contributed by atoms with Gasteiger partial charge in [0.15, 0.2) is 0 Å². The molecule has 1 aliphatic rings. The fraction of sp³-hybridized carbons (Fsp3) is 0.421. The van der Waals surface area contributed by atoms with Gasteiger partial charge < -0.3 is 11.1 Å². The van der Waals surface area contributed by atoms with Crippen LogP contribution >= 0.6 is 11.3 Å². The summed E-state index contributed by atoms with van der Waals surface area (Å²) in [5.74, 6) is 0.926. The Balaban J connectivity index is 1.54. The van der Waals surface area contributed by atoms with Crippen LogP contribution in [0.4, 0.5) is 0 Å². The van der Waals surface area contributed by atoms with Crippen molar-refractivity contribution in [3.63, 3.8) is 0 Å². The number of thiophene rings is 1. The van der Waals surface area contributed by atoms with Crippen molar-refractivity contribution in [2.24, 2.45) is 11.7 Å². The highest BCUT2D eigenvalue weighted by Crippen LogP contribution is 2.31. The van der Waals surface area contributed by atoms with E-state index in [2.05, 4.69) is 52.9 Å². The molecule has 1 aromatic carbocycles. The molecule has 0 radical (unpaired) electrons. The lowest BCUT2D eigenvalue weighted by molar-refractivity contribution is -0.122. The topological polar surface area (TPSA) is 58.4 Å². The number of benzene rings is 1. The van der Waals surface area contributed by atoms with Crippen LogP contribution in [0.5, 0.6) is 0 Å². The van der Waals surface area contributed by atoms with E-state index in [1.54, 1.807) is 11.3 Å². The van der Waals surface area contributed by atoms with Gasteiger partial charge in [0.2, 0.25) is 5.91 Å². The van der Waals surface area contributed by atoms with Gasteiger partial charge in [-0.3, -0.25) is 9.69 Å². The van der Waals surface area contributed by atoms with Crippen LogP contribution in [0.25, 0.3) is 0 Å². The average Bonchev–Trinajstić information content (AvgIpc) is 3.19. The van der Waals surface area contributed by atoms with Crippen molar-refractivity contribution in [2.75, 3.05) is 26.2 Å². The molecule has 0 saturated carbocycles. The molecular formula is C19H25N3OS. The zero-order chi connectivity index (χ0) is 16.9. The summed E-state index contributed by atoms with van der Waals surface area (Å²) in [4.78, 5) is 15.7. The molecule has 24 heavy (non-hydrogen) atoms. The fourth-order valence-electron chi connectivity index (χ4n) is 3.43. The number of nitrogens with two attached hydrogens (primary N) is 1. The number of amides is 1. The fourth-order valence-corrected chi connectivity index (χ4v) is 4.28. The first-order chi connectivity index (χ1) is 11.7. The molecule has 0 aliphatic carbocycles. The van der Waals surface area contributed by atoms with E-state index < -0.39 is 0 Å². The third-order valence-corrected chi connectivity index (χ3v) is 5.85. The number of nitrogens with one attached hydrogen (secondary N) is 1. The van der Waals surface area contributed by atoms with Gasteiger partial charge in [-0.25, -0.2) is 0 Å². The van der Waals surface area contributed by atoms with Gasteiger partial charge in [-0.05, 0) is 42.0 Å². The van der Waals surface area contributed by atoms with Crippen LogP contribution in [-0.4, -0.2) is 37.0 Å². The van der Waals surface area contributed by atoms with Crippen molar-refractivity contribution in [2.45, 2.75) is 19.4 Å². The Hall–Kier alpha value is -1.69. The largest absolute Gasteiger partial charge is 0.350 e. The van der Waals surface area contributed by atoms with Gasteiger partial charge in [0, 0.05) is 23.9 Å². The predicted molar refractivity (Wildman–Crippen MR) is 99.1 cm³/mol. The van der Waals surface area contributed by atoms with Crippen LogP contribution in [0.3, 0.4) is 0 Å². The number of hydrogen-bond donors (Lipinski definition) is 2. The first-order valence-corrected chi connectivity index (χ1v) is 9.32. The van der Waals surface area contributed by atoms with Crippen molar-refractivity contribution in [1.82, 2.24) is 10.2 Å². The molecule has 1 fully saturated rings. The highest BCUT2D eigenvalue weighted by molar-refractivity contribution is 7.10. The molecule has 1 aliphatic heterocycles. The van der Waals surface area contributed by atoms with E-state index >= 15 is 0 Å². The van der Waals surface area contributed by atoms with Crippen LogP contribution in [0, 0.1) is 12.8 Å². The molecule has 4 nitrogen and oxygen atoms in total. The van der Waals surface area contributed by atoms with Crippen LogP contribution in [-0.2, 0) is 11.3 Å². The van der Waals surface area contributed by atoms with Crippen molar-refractivity contribution >= 4 is 17.2 Å². The van der Waals surface area contributed by atoms with Gasteiger partial charge in [0.1, 0.15) is 0 Å². The minimum absolute atomic E-state index is 0.0901. The van der Waals surface area contributed by atoms with Crippen LogP contribution in [0.1, 0.15) is 21.9 Å². The van der Waals surface area contributed by atoms with Crippen LogP contribution < -0.4 is 11.1 Å². The SMILES string of the molecule is Cc1ccsc1CNC(=O)CN1C[C@@H](CN)[C@H](c2ccccc2)C1. The summed E-state index contributed by atoms with van der Waals surface area (Å²) in [6.45, 7) is 5.60. The molecule has 1 aromatic heterocycles. The second-order valence-corrected chi connectivity index (χ2v) is 7.51. The molecule has 2 heterocycles. The predicted octanol–water partition coefficient (Wildman–Crippen LogP) is 2.35. The summed E-state index contributed by atoms with van der Waals surface area (Å²) in [6.07, 6.45) is 0. The maximum atomic E-state index is 12.3. The van der Waals surface area contributed by atoms with Crippen molar-refractivity contribution in [3.8, 4) is 0 Å². The van der Waals surface area contributed by atoms with Crippen LogP contribution in [0.2, 0.25) is 0 Å². The molecule has 3 N–H and O–H groups in total. The zero-order valence-electron chi connectivity index (χ0n) is 14.1. The van der Waals surface area contributed by atoms with E-state index in [9.17, 15) is 4.79 Å². The Morgan fingerprint density at radius 3 is 2.75 bits per heavy atom. The number of rotatable bonds is 6. The van der Waals surface area contributed by atoms with E-state index in [0.717, 1.165) is 13.1 Å². The highest BCUT2D eigenvalue weighted by atomic mass is 32.1. The summed E-state index contributed by atoms with van der Waals surface area (Å²) >= 11 is 1.69. The molecule has 1 amide bonds. The Kier molecular flexibility index (Phi) is 5.66. The lowest BCUT2D eigenvalue weighted by Gasteiger charge is -2.16. The molecule has 5 heteroatoms. The Morgan fingerprint density at radius 2 is 2.08 bits per heavy atom. The molecule has 3 rings (SSSR count). The molecular weight excluding hydrogens is 318 g/mol. The molecule has 0 spiro atoms. The second-order valence-electron chi connectivity index (χ2n) is 6.51. The maximum Gasteiger partial charge on any atom is 0.234 e. The number of nitrogens with zero attached hydrogens (tertiary/aromatic N) is 1. The molecule has 1 saturated heterocycles. The standard InChI is InChI=1S/C19H25N3OS/c1-14-7-8-24-18(14)10-21-19(23)13-22-11-16(9-20)17(12-22)15-5-3-2-4-6-15/h2-8,16-17H,9-13,20H2,1H3,(H,21,23)/t16-,17+/m1/s1. The minimum atomic E-state index is 0.0901. The molecule has 0 unspecified atom stereocenters. The monoisotopic (exact) mass is 343 g/mol. The molecule has 2 atom stereocenters. The Labute approximate surface area is 147 Å². The van der Waals surface area contributed by atoms with Crippen molar-refractivity contribution in [3.05, 3.63) is 57.8 Å². The maximum absolute atomic E-state index is 12.3. The van der Waals surface area contributed by atoms with Crippen molar-refractivity contribution in [1.29, 1.82) is 0 Å². The normalized spacial score (nSPS) is 21.1. The van der Waals surface area contributed by atoms with E-state index in [0.29, 0.717) is 31.5 Å². The second kappa shape index (κ2) is 7.92. The first kappa shape index (κ1) is 17.1. The van der Waals surface area contributed by atoms with Gasteiger partial charge in [-0.2, -0.15) is 0 Å². The van der Waals surface area contributed by atoms with E-state index in [4.69, 9.17) is 5.73 Å². The third-order valence-electron chi connectivity index (χ3n) is 4.83. The number of carbonyl (C=O) groups excluding carboxylic acids is 1. The van der Waals surface area contributed by atoms with Gasteiger partial charge in [-0.15, -0.1) is 11.3 Å². The summed E-state index contributed by atoms with van der Waals surface area (Å²) in [6, 6.07) is 12.6. The summed E-state index contributed by atoms with van der Waals surface area (Å²) in [7, 11) is 0. The Morgan fingerprint density at radius 1 is 1.29 bits per heavy atom. The van der Waals surface area contributed by atoms with E-state index in [1.807, 2.05) is 6.07 Å². The van der Waals surface area contributed by atoms with E-state index in [1.165, 1.54) is 16.0 Å².